The fraction of sp³-hybridized carbons (Fsp3) is 0.350. The summed E-state index contributed by atoms with van der Waals surface area (Å²) < 4.78 is 37.7. The quantitative estimate of drug-likeness (QED) is 0.744. The van der Waals surface area contributed by atoms with Crippen LogP contribution in [-0.4, -0.2) is 24.2 Å². The van der Waals surface area contributed by atoms with E-state index in [-0.39, 0.29) is 35.4 Å². The molecule has 0 aliphatic heterocycles. The average molecular weight is 389 g/mol. The molecule has 1 amide bonds. The molecular weight excluding hydrogens is 369 g/mol. The first-order chi connectivity index (χ1) is 12.8. The third kappa shape index (κ3) is 3.20. The summed E-state index contributed by atoms with van der Waals surface area (Å²) in [6.45, 7) is 0. The van der Waals surface area contributed by atoms with E-state index in [0.717, 1.165) is 30.5 Å². The van der Waals surface area contributed by atoms with Crippen LogP contribution in [0.4, 0.5) is 4.39 Å². The molecule has 1 unspecified atom stereocenters. The lowest BCUT2D eigenvalue weighted by atomic mass is 10.0. The van der Waals surface area contributed by atoms with Crippen molar-refractivity contribution in [3.63, 3.8) is 0 Å². The molecule has 7 heteroatoms. The van der Waals surface area contributed by atoms with Crippen molar-refractivity contribution in [2.45, 2.75) is 41.4 Å². The molecule has 0 spiro atoms. The van der Waals surface area contributed by atoms with Crippen molar-refractivity contribution in [3.8, 4) is 5.75 Å². The first-order valence-corrected chi connectivity index (χ1v) is 10.4. The molecule has 0 radical (unpaired) electrons. The molecular formula is C20H20FNO4S. The van der Waals surface area contributed by atoms with Gasteiger partial charge in [0.15, 0.2) is 14.6 Å². The lowest BCUT2D eigenvalue weighted by Gasteiger charge is -2.23. The normalized spacial score (nSPS) is 19.3. The summed E-state index contributed by atoms with van der Waals surface area (Å²) in [6.07, 6.45) is 2.43. The third-order valence-corrected chi connectivity index (χ3v) is 7.90. The van der Waals surface area contributed by atoms with Crippen LogP contribution >= 0.6 is 0 Å². The van der Waals surface area contributed by atoms with Gasteiger partial charge < -0.3 is 10.4 Å². The van der Waals surface area contributed by atoms with Gasteiger partial charge in [0.05, 0.1) is 10.9 Å². The fourth-order valence-corrected chi connectivity index (χ4v) is 5.32. The van der Waals surface area contributed by atoms with Gasteiger partial charge in [0, 0.05) is 0 Å². The van der Waals surface area contributed by atoms with Gasteiger partial charge in [-0.25, -0.2) is 12.8 Å². The molecule has 0 saturated heterocycles. The predicted octanol–water partition coefficient (Wildman–Crippen LogP) is 3.11. The highest BCUT2D eigenvalue weighted by Crippen LogP contribution is 2.49. The number of hydrogen-bond acceptors (Lipinski definition) is 4. The van der Waals surface area contributed by atoms with E-state index in [1.807, 2.05) is 0 Å². The summed E-state index contributed by atoms with van der Waals surface area (Å²) in [7, 11) is -3.90. The molecule has 2 aliphatic carbocycles. The zero-order valence-corrected chi connectivity index (χ0v) is 15.4. The number of carbonyl (C=O) groups excluding carboxylic acids is 1. The van der Waals surface area contributed by atoms with Crippen molar-refractivity contribution in [1.29, 1.82) is 0 Å². The zero-order chi connectivity index (χ0) is 19.2. The molecule has 2 aromatic rings. The van der Waals surface area contributed by atoms with Gasteiger partial charge in [-0.2, -0.15) is 0 Å². The van der Waals surface area contributed by atoms with Gasteiger partial charge >= 0.3 is 0 Å². The highest BCUT2D eigenvalue weighted by molar-refractivity contribution is 7.94. The van der Waals surface area contributed by atoms with Crippen molar-refractivity contribution < 1.29 is 22.7 Å². The van der Waals surface area contributed by atoms with E-state index >= 15 is 0 Å². The maximum absolute atomic E-state index is 13.1. The minimum absolute atomic E-state index is 0.0378. The number of hydrogen-bond donors (Lipinski definition) is 2. The second-order valence-electron chi connectivity index (χ2n) is 7.33. The van der Waals surface area contributed by atoms with Crippen molar-refractivity contribution in [2.75, 3.05) is 0 Å². The van der Waals surface area contributed by atoms with E-state index in [1.54, 1.807) is 24.3 Å². The molecule has 142 valence electrons. The highest BCUT2D eigenvalue weighted by Gasteiger charge is 2.61. The molecule has 0 aromatic heterocycles. The van der Waals surface area contributed by atoms with E-state index < -0.39 is 26.3 Å². The summed E-state index contributed by atoms with van der Waals surface area (Å²) in [5, 5.41) is 12.4. The van der Waals surface area contributed by atoms with Crippen molar-refractivity contribution in [2.24, 2.45) is 5.92 Å². The molecule has 2 N–H and O–H groups in total. The Morgan fingerprint density at radius 1 is 1.07 bits per heavy atom. The topological polar surface area (TPSA) is 83.5 Å². The Bertz CT molecular complexity index is 962. The summed E-state index contributed by atoms with van der Waals surface area (Å²) >= 11 is 0. The third-order valence-electron chi connectivity index (χ3n) is 5.39. The molecule has 4 rings (SSSR count). The highest BCUT2D eigenvalue weighted by atomic mass is 32.2. The van der Waals surface area contributed by atoms with Crippen LogP contribution in [0.2, 0.25) is 0 Å². The van der Waals surface area contributed by atoms with Gasteiger partial charge in [-0.3, -0.25) is 4.79 Å². The van der Waals surface area contributed by atoms with Crippen LogP contribution in [0, 0.1) is 11.7 Å². The standard InChI is InChI=1S/C20H20FNO4S/c21-15-5-9-17(10-6-15)27(25,26)20(11-12-20)19(24)22-18(13-1-2-13)14-3-7-16(23)8-4-14/h3-10,13,18,23H,1-2,11-12H2,(H,22,24). The monoisotopic (exact) mass is 389 g/mol. The Morgan fingerprint density at radius 3 is 2.19 bits per heavy atom. The van der Waals surface area contributed by atoms with Crippen LogP contribution in [0.3, 0.4) is 0 Å². The molecule has 2 aliphatic rings. The number of benzene rings is 2. The Kier molecular flexibility index (Phi) is 4.22. The Balaban J connectivity index is 1.59. The van der Waals surface area contributed by atoms with Crippen molar-refractivity contribution in [3.05, 3.63) is 59.9 Å². The molecule has 2 fully saturated rings. The van der Waals surface area contributed by atoms with Gasteiger partial charge in [0.1, 0.15) is 11.6 Å². The number of halogens is 1. The van der Waals surface area contributed by atoms with Crippen molar-refractivity contribution >= 4 is 15.7 Å². The number of aromatic hydroxyl groups is 1. The molecule has 5 nitrogen and oxygen atoms in total. The van der Waals surface area contributed by atoms with E-state index in [1.165, 1.54) is 12.1 Å². The second-order valence-corrected chi connectivity index (χ2v) is 9.59. The second kappa shape index (κ2) is 6.34. The van der Waals surface area contributed by atoms with E-state index in [4.69, 9.17) is 0 Å². The first-order valence-electron chi connectivity index (χ1n) is 8.94. The number of phenolic OH excluding ortho intramolecular Hbond substituents is 1. The average Bonchev–Trinajstić information content (AvgIpc) is 3.54. The number of rotatable bonds is 6. The first kappa shape index (κ1) is 18.0. The Labute approximate surface area is 157 Å². The summed E-state index contributed by atoms with van der Waals surface area (Å²) in [5.74, 6) is -0.624. The van der Waals surface area contributed by atoms with Crippen LogP contribution in [0.25, 0.3) is 0 Å². The number of phenols is 1. The van der Waals surface area contributed by atoms with E-state index in [2.05, 4.69) is 5.32 Å². The number of carbonyl (C=O) groups is 1. The van der Waals surface area contributed by atoms with Crippen molar-refractivity contribution in [1.82, 2.24) is 5.32 Å². The number of sulfone groups is 1. The van der Waals surface area contributed by atoms with E-state index in [0.29, 0.717) is 0 Å². The van der Waals surface area contributed by atoms with Gasteiger partial charge in [-0.1, -0.05) is 12.1 Å². The van der Waals surface area contributed by atoms with E-state index in [9.17, 15) is 22.7 Å². The van der Waals surface area contributed by atoms with Crippen LogP contribution in [0.5, 0.6) is 5.75 Å². The smallest absolute Gasteiger partial charge is 0.242 e. The van der Waals surface area contributed by atoms with Crippen LogP contribution in [0.15, 0.2) is 53.4 Å². The largest absolute Gasteiger partial charge is 0.508 e. The van der Waals surface area contributed by atoms with Crippen LogP contribution in [-0.2, 0) is 14.6 Å². The lowest BCUT2D eigenvalue weighted by molar-refractivity contribution is -0.122. The maximum Gasteiger partial charge on any atom is 0.242 e. The molecule has 2 aromatic carbocycles. The molecule has 0 heterocycles. The molecule has 27 heavy (non-hydrogen) atoms. The summed E-state index contributed by atoms with van der Waals surface area (Å²) in [6, 6.07) is 10.9. The SMILES string of the molecule is O=C(NC(c1ccc(O)cc1)C1CC1)C1(S(=O)(=O)c2ccc(F)cc2)CC1. The maximum atomic E-state index is 13.1. The fourth-order valence-electron chi connectivity index (χ4n) is 3.43. The van der Waals surface area contributed by atoms with Gasteiger partial charge in [-0.15, -0.1) is 0 Å². The lowest BCUT2D eigenvalue weighted by Crippen LogP contribution is -2.44. The van der Waals surface area contributed by atoms with Crippen LogP contribution < -0.4 is 5.32 Å². The summed E-state index contributed by atoms with van der Waals surface area (Å²) in [5.41, 5.74) is 0.846. The number of nitrogens with one attached hydrogen (secondary N) is 1. The van der Waals surface area contributed by atoms with Gasteiger partial charge in [0.25, 0.3) is 0 Å². The zero-order valence-electron chi connectivity index (χ0n) is 14.6. The summed E-state index contributed by atoms with van der Waals surface area (Å²) in [4.78, 5) is 12.9. The Morgan fingerprint density at radius 2 is 1.67 bits per heavy atom. The minimum atomic E-state index is -3.90. The van der Waals surface area contributed by atoms with Crippen LogP contribution in [0.1, 0.15) is 37.3 Å². The Hall–Kier alpha value is -2.41. The minimum Gasteiger partial charge on any atom is -0.508 e. The molecule has 2 saturated carbocycles. The predicted molar refractivity (Wildman–Crippen MR) is 97.3 cm³/mol. The van der Waals surface area contributed by atoms with Gasteiger partial charge in [0.2, 0.25) is 5.91 Å². The molecule has 0 bridgehead atoms. The number of amides is 1. The molecule has 1 atom stereocenters. The van der Waals surface area contributed by atoms with Gasteiger partial charge in [-0.05, 0) is 73.6 Å².